The molecule has 1 atom stereocenters. The third kappa shape index (κ3) is 4.28. The molecule has 5 nitrogen and oxygen atoms in total. The molecule has 2 saturated carbocycles. The summed E-state index contributed by atoms with van der Waals surface area (Å²) >= 11 is 0. The lowest BCUT2D eigenvalue weighted by Gasteiger charge is -2.37. The van der Waals surface area contributed by atoms with Crippen LogP contribution in [0.2, 0.25) is 0 Å². The molecule has 1 unspecified atom stereocenters. The number of carbonyl (C=O) groups is 1. The molecule has 5 heteroatoms. The van der Waals surface area contributed by atoms with Crippen LogP contribution in [0.5, 0.6) is 0 Å². The summed E-state index contributed by atoms with van der Waals surface area (Å²) in [4.78, 5) is 14.7. The highest BCUT2D eigenvalue weighted by Gasteiger charge is 2.48. The normalized spacial score (nSPS) is 29.0. The van der Waals surface area contributed by atoms with E-state index in [1.54, 1.807) is 0 Å². The number of carbonyl (C=O) groups excluding carboxylic acids is 1. The Morgan fingerprint density at radius 1 is 1.17 bits per heavy atom. The first-order chi connectivity index (χ1) is 14.6. The minimum Gasteiger partial charge on any atom is -0.464 e. The molecule has 162 valence electrons. The molecule has 2 heterocycles. The Hall–Kier alpha value is -1.85. The number of nitrogens with one attached hydrogen (secondary N) is 1. The average molecular weight is 411 g/mol. The van der Waals surface area contributed by atoms with E-state index in [1.165, 1.54) is 56.2 Å². The lowest BCUT2D eigenvalue weighted by Crippen LogP contribution is -2.44. The van der Waals surface area contributed by atoms with Gasteiger partial charge in [-0.25, -0.2) is 0 Å². The minimum atomic E-state index is -1.04. The molecule has 2 aliphatic heterocycles. The largest absolute Gasteiger partial charge is 0.464 e. The van der Waals surface area contributed by atoms with E-state index in [4.69, 9.17) is 4.42 Å². The first-order valence-electron chi connectivity index (χ1n) is 11.9. The Kier molecular flexibility index (Phi) is 5.59. The molecule has 1 saturated heterocycles. The van der Waals surface area contributed by atoms with Gasteiger partial charge in [-0.15, -0.1) is 0 Å². The number of hydrogen-bond acceptors (Lipinski definition) is 4. The molecule has 0 aromatic carbocycles. The predicted molar refractivity (Wildman–Crippen MR) is 116 cm³/mol. The maximum Gasteiger partial charge on any atom is 0.252 e. The monoisotopic (exact) mass is 410 g/mol. The van der Waals surface area contributed by atoms with Gasteiger partial charge in [-0.2, -0.15) is 0 Å². The highest BCUT2D eigenvalue weighted by molar-refractivity contribution is 5.87. The van der Waals surface area contributed by atoms with Gasteiger partial charge in [0.2, 0.25) is 0 Å². The van der Waals surface area contributed by atoms with Gasteiger partial charge in [0.15, 0.2) is 0 Å². The summed E-state index contributed by atoms with van der Waals surface area (Å²) in [5.74, 6) is 1.57. The number of amides is 1. The van der Waals surface area contributed by atoms with Crippen molar-refractivity contribution >= 4 is 5.91 Å². The maximum atomic E-state index is 12.1. The molecule has 3 fully saturated rings. The molecule has 30 heavy (non-hydrogen) atoms. The molecule has 5 aliphatic rings. The van der Waals surface area contributed by atoms with Crippen LogP contribution in [0.1, 0.15) is 75.8 Å². The Bertz CT molecular complexity index is 835. The fourth-order valence-electron chi connectivity index (χ4n) is 5.41. The van der Waals surface area contributed by atoms with Gasteiger partial charge in [0.25, 0.3) is 5.91 Å². The molecular formula is C25H34N2O3. The predicted octanol–water partition coefficient (Wildman–Crippen LogP) is 4.50. The lowest BCUT2D eigenvalue weighted by molar-refractivity contribution is -0.132. The van der Waals surface area contributed by atoms with E-state index in [1.807, 2.05) is 12.3 Å². The molecular weight excluding hydrogens is 376 g/mol. The van der Waals surface area contributed by atoms with Crippen LogP contribution in [0.15, 0.2) is 34.9 Å². The molecule has 5 rings (SSSR count). The summed E-state index contributed by atoms with van der Waals surface area (Å²) in [6, 6.07) is 9.25. The molecule has 2 N–H and O–H groups in total. The Morgan fingerprint density at radius 2 is 2.00 bits per heavy atom. The van der Waals surface area contributed by atoms with Gasteiger partial charge in [-0.05, 0) is 88.9 Å². The van der Waals surface area contributed by atoms with Crippen LogP contribution < -0.4 is 5.32 Å². The van der Waals surface area contributed by atoms with E-state index >= 15 is 0 Å². The van der Waals surface area contributed by atoms with Crippen LogP contribution in [-0.2, 0) is 4.79 Å². The summed E-state index contributed by atoms with van der Waals surface area (Å²) in [5, 5.41) is 13.0. The van der Waals surface area contributed by atoms with Crippen LogP contribution in [0.4, 0.5) is 0 Å². The van der Waals surface area contributed by atoms with E-state index in [2.05, 4.69) is 28.4 Å². The Morgan fingerprint density at radius 3 is 2.80 bits per heavy atom. The van der Waals surface area contributed by atoms with Crippen LogP contribution >= 0.6 is 0 Å². The lowest BCUT2D eigenvalue weighted by atomic mass is 9.83. The molecule has 0 aromatic rings. The van der Waals surface area contributed by atoms with Gasteiger partial charge in [0, 0.05) is 23.2 Å². The number of piperidine rings is 1. The third-order valence-electron chi connectivity index (χ3n) is 7.60. The zero-order valence-electron chi connectivity index (χ0n) is 17.8. The number of hydrogen-bond donors (Lipinski definition) is 2. The topological polar surface area (TPSA) is 65.7 Å². The van der Waals surface area contributed by atoms with Gasteiger partial charge in [0.1, 0.15) is 11.4 Å². The second-order valence-electron chi connectivity index (χ2n) is 9.78. The first kappa shape index (κ1) is 20.1. The highest BCUT2D eigenvalue weighted by atomic mass is 16.3. The smallest absolute Gasteiger partial charge is 0.252 e. The van der Waals surface area contributed by atoms with Crippen molar-refractivity contribution < 1.29 is 14.3 Å². The minimum absolute atomic E-state index is 0.144. The molecule has 0 spiro atoms. The second-order valence-corrected chi connectivity index (χ2v) is 9.78. The van der Waals surface area contributed by atoms with Crippen LogP contribution in [0, 0.1) is 5.92 Å². The van der Waals surface area contributed by atoms with Crippen molar-refractivity contribution in [1.82, 2.24) is 10.2 Å². The van der Waals surface area contributed by atoms with E-state index in [0.29, 0.717) is 18.9 Å². The number of rotatable bonds is 6. The van der Waals surface area contributed by atoms with Gasteiger partial charge >= 0.3 is 0 Å². The summed E-state index contributed by atoms with van der Waals surface area (Å²) in [7, 11) is 0. The van der Waals surface area contributed by atoms with E-state index in [-0.39, 0.29) is 11.9 Å². The van der Waals surface area contributed by atoms with E-state index in [9.17, 15) is 9.90 Å². The first-order valence-corrected chi connectivity index (χ1v) is 11.9. The Balaban J connectivity index is 1.13. The highest BCUT2D eigenvalue weighted by Crippen LogP contribution is 2.37. The van der Waals surface area contributed by atoms with Crippen molar-refractivity contribution in [2.24, 2.45) is 5.92 Å². The van der Waals surface area contributed by atoms with Gasteiger partial charge < -0.3 is 14.8 Å². The van der Waals surface area contributed by atoms with Crippen LogP contribution in [0.25, 0.3) is 11.3 Å². The van der Waals surface area contributed by atoms with E-state index in [0.717, 1.165) is 31.1 Å². The summed E-state index contributed by atoms with van der Waals surface area (Å²) in [6.07, 6.45) is 12.7. The van der Waals surface area contributed by atoms with Crippen molar-refractivity contribution in [3.8, 4) is 11.3 Å². The van der Waals surface area contributed by atoms with Crippen molar-refractivity contribution in [2.75, 3.05) is 13.1 Å². The fraction of sp³-hybridized carbons (Fsp3) is 0.640. The third-order valence-corrected chi connectivity index (χ3v) is 7.60. The van der Waals surface area contributed by atoms with E-state index < -0.39 is 5.60 Å². The molecule has 3 aliphatic carbocycles. The average Bonchev–Trinajstić information content (AvgIpc) is 3.35. The molecule has 1 amide bonds. The molecule has 0 bridgehead atoms. The summed E-state index contributed by atoms with van der Waals surface area (Å²) in [6.45, 7) is 2.32. The zero-order chi connectivity index (χ0) is 20.6. The van der Waals surface area contributed by atoms with Gasteiger partial charge in [-0.1, -0.05) is 18.6 Å². The fourth-order valence-corrected chi connectivity index (χ4v) is 5.41. The van der Waals surface area contributed by atoms with Gasteiger partial charge in [0.05, 0.1) is 6.26 Å². The SMILES string of the molecule is O=C(NC1CCC(CCN2CCCCC2c2coc3cccc-3c2)CC1)C1(O)CC1. The Labute approximate surface area is 179 Å². The zero-order valence-corrected chi connectivity index (χ0v) is 17.8. The molecule has 0 radical (unpaired) electrons. The number of fused-ring (bicyclic) bond motifs is 1. The number of likely N-dealkylation sites (tertiary alicyclic amines) is 1. The van der Waals surface area contributed by atoms with Crippen molar-refractivity contribution in [3.63, 3.8) is 0 Å². The van der Waals surface area contributed by atoms with Gasteiger partial charge in [-0.3, -0.25) is 9.69 Å². The number of aliphatic hydroxyl groups is 1. The quantitative estimate of drug-likeness (QED) is 0.736. The van der Waals surface area contributed by atoms with Crippen molar-refractivity contribution in [3.05, 3.63) is 36.1 Å². The maximum absolute atomic E-state index is 12.1. The molecule has 0 aromatic heterocycles. The standard InChI is InChI=1S/C25H34N2O3/c28-24(25(29)12-13-25)26-21-9-7-18(8-10-21)11-15-27-14-2-1-5-22(27)20-16-19-4-3-6-23(19)30-17-20/h3-4,6,16-18,21-22,29H,1-2,5,7-15H2,(H,26,28). The van der Waals surface area contributed by atoms with Crippen molar-refractivity contribution in [1.29, 1.82) is 0 Å². The summed E-state index contributed by atoms with van der Waals surface area (Å²) in [5.41, 5.74) is 1.48. The van der Waals surface area contributed by atoms with Crippen LogP contribution in [0.3, 0.4) is 0 Å². The van der Waals surface area contributed by atoms with Crippen molar-refractivity contribution in [2.45, 2.75) is 81.9 Å². The number of nitrogens with zero attached hydrogens (tertiary/aromatic N) is 1. The summed E-state index contributed by atoms with van der Waals surface area (Å²) < 4.78 is 5.87. The van der Waals surface area contributed by atoms with Crippen LogP contribution in [-0.4, -0.2) is 40.6 Å². The second kappa shape index (κ2) is 8.35.